The molecule has 0 bridgehead atoms. The average Bonchev–Trinajstić information content (AvgIpc) is 2.29. The van der Waals surface area contributed by atoms with Crippen LogP contribution in [0.25, 0.3) is 0 Å². The number of hydrogen-bond donors (Lipinski definition) is 0. The van der Waals surface area contributed by atoms with Crippen molar-refractivity contribution in [2.45, 2.75) is 32.5 Å². The SMILES string of the molecule is COC(=O)/C=C/C(=O)OCCCC(=O)O[Si](C)(C)C. The Morgan fingerprint density at radius 3 is 2.16 bits per heavy atom. The van der Waals surface area contributed by atoms with E-state index < -0.39 is 20.3 Å². The highest BCUT2D eigenvalue weighted by atomic mass is 28.4. The summed E-state index contributed by atoms with van der Waals surface area (Å²) < 4.78 is 14.3. The Labute approximate surface area is 113 Å². The van der Waals surface area contributed by atoms with Gasteiger partial charge in [0.25, 0.3) is 5.97 Å². The van der Waals surface area contributed by atoms with Crippen molar-refractivity contribution in [1.29, 1.82) is 0 Å². The number of hydrogen-bond acceptors (Lipinski definition) is 6. The number of esters is 2. The van der Waals surface area contributed by atoms with Crippen molar-refractivity contribution in [2.75, 3.05) is 13.7 Å². The Morgan fingerprint density at radius 1 is 1.05 bits per heavy atom. The first-order chi connectivity index (χ1) is 8.74. The molecular weight excluding hydrogens is 268 g/mol. The summed E-state index contributed by atoms with van der Waals surface area (Å²) in [5.41, 5.74) is 0. The molecule has 0 unspecified atom stereocenters. The van der Waals surface area contributed by atoms with E-state index in [0.717, 1.165) is 12.2 Å². The molecule has 19 heavy (non-hydrogen) atoms. The Bertz CT molecular complexity index is 356. The van der Waals surface area contributed by atoms with Crippen molar-refractivity contribution in [3.8, 4) is 0 Å². The third-order valence-corrected chi connectivity index (χ3v) is 2.59. The lowest BCUT2D eigenvalue weighted by molar-refractivity contribution is -0.141. The van der Waals surface area contributed by atoms with E-state index >= 15 is 0 Å². The largest absolute Gasteiger partial charge is 0.520 e. The molecule has 0 amide bonds. The molecule has 0 aliphatic rings. The van der Waals surface area contributed by atoms with Crippen LogP contribution in [0.5, 0.6) is 0 Å². The summed E-state index contributed by atoms with van der Waals surface area (Å²) in [6, 6.07) is 0. The van der Waals surface area contributed by atoms with Gasteiger partial charge in [0.2, 0.25) is 8.32 Å². The molecule has 108 valence electrons. The normalized spacial score (nSPS) is 11.2. The third kappa shape index (κ3) is 11.2. The number of carbonyl (C=O) groups excluding carboxylic acids is 3. The zero-order valence-electron chi connectivity index (χ0n) is 11.7. The summed E-state index contributed by atoms with van der Waals surface area (Å²) in [7, 11) is -0.641. The highest BCUT2D eigenvalue weighted by Crippen LogP contribution is 2.05. The van der Waals surface area contributed by atoms with E-state index in [2.05, 4.69) is 4.74 Å². The summed E-state index contributed by atoms with van der Waals surface area (Å²) in [5.74, 6) is -1.56. The van der Waals surface area contributed by atoms with Gasteiger partial charge in [0.1, 0.15) is 0 Å². The highest BCUT2D eigenvalue weighted by Gasteiger charge is 2.19. The molecule has 6 nitrogen and oxygen atoms in total. The maximum Gasteiger partial charge on any atom is 0.331 e. The summed E-state index contributed by atoms with van der Waals surface area (Å²) in [4.78, 5) is 33.2. The number of methoxy groups -OCH3 is 1. The molecule has 0 rings (SSSR count). The van der Waals surface area contributed by atoms with Crippen LogP contribution in [0.2, 0.25) is 19.6 Å². The second kappa shape index (κ2) is 8.47. The lowest BCUT2D eigenvalue weighted by Gasteiger charge is -2.17. The zero-order chi connectivity index (χ0) is 14.9. The maximum atomic E-state index is 11.4. The fraction of sp³-hybridized carbons (Fsp3) is 0.583. The van der Waals surface area contributed by atoms with Gasteiger partial charge in [0.15, 0.2) is 0 Å². The minimum absolute atomic E-state index is 0.102. The molecule has 0 aromatic rings. The number of carbonyl (C=O) groups is 3. The van der Waals surface area contributed by atoms with E-state index in [1.807, 2.05) is 19.6 Å². The van der Waals surface area contributed by atoms with Crippen LogP contribution < -0.4 is 0 Å². The molecule has 0 saturated carbocycles. The van der Waals surface area contributed by atoms with E-state index in [9.17, 15) is 14.4 Å². The molecule has 0 aliphatic heterocycles. The predicted molar refractivity (Wildman–Crippen MR) is 70.8 cm³/mol. The predicted octanol–water partition coefficient (Wildman–Crippen LogP) is 1.42. The van der Waals surface area contributed by atoms with Crippen LogP contribution in [0.1, 0.15) is 12.8 Å². The van der Waals surface area contributed by atoms with E-state index in [-0.39, 0.29) is 19.0 Å². The first kappa shape index (κ1) is 17.4. The Morgan fingerprint density at radius 2 is 1.63 bits per heavy atom. The van der Waals surface area contributed by atoms with Crippen molar-refractivity contribution in [3.05, 3.63) is 12.2 Å². The molecule has 0 radical (unpaired) electrons. The number of ether oxygens (including phenoxy) is 2. The van der Waals surface area contributed by atoms with Crippen LogP contribution in [0.15, 0.2) is 12.2 Å². The van der Waals surface area contributed by atoms with Gasteiger partial charge in [-0.25, -0.2) is 9.59 Å². The lowest BCUT2D eigenvalue weighted by atomic mass is 10.3. The fourth-order valence-corrected chi connectivity index (χ4v) is 1.82. The van der Waals surface area contributed by atoms with E-state index in [1.54, 1.807) is 0 Å². The third-order valence-electron chi connectivity index (χ3n) is 1.75. The van der Waals surface area contributed by atoms with Gasteiger partial charge < -0.3 is 13.9 Å². The van der Waals surface area contributed by atoms with Gasteiger partial charge in [-0.15, -0.1) is 0 Å². The molecule has 0 saturated heterocycles. The van der Waals surface area contributed by atoms with Crippen molar-refractivity contribution in [3.63, 3.8) is 0 Å². The van der Waals surface area contributed by atoms with Crippen LogP contribution in [0.3, 0.4) is 0 Å². The standard InChI is InChI=1S/C12H20O6Si/c1-16-10(13)7-8-11(14)17-9-5-6-12(15)18-19(2,3)4/h7-8H,5-6,9H2,1-4H3/b8-7+. The smallest absolute Gasteiger partial charge is 0.331 e. The molecule has 0 heterocycles. The van der Waals surface area contributed by atoms with Crippen LogP contribution in [0, 0.1) is 0 Å². The Kier molecular flexibility index (Phi) is 7.74. The average molecular weight is 288 g/mol. The molecule has 0 N–H and O–H groups in total. The first-order valence-electron chi connectivity index (χ1n) is 5.89. The summed E-state index contributed by atoms with van der Waals surface area (Å²) in [6.45, 7) is 5.86. The molecule has 7 heteroatoms. The summed E-state index contributed by atoms with van der Waals surface area (Å²) in [6.07, 6.45) is 2.55. The lowest BCUT2D eigenvalue weighted by Crippen LogP contribution is -2.29. The van der Waals surface area contributed by atoms with Gasteiger partial charge in [-0.1, -0.05) is 0 Å². The molecule has 0 fully saturated rings. The van der Waals surface area contributed by atoms with Crippen molar-refractivity contribution < 1.29 is 28.3 Å². The molecule has 0 aliphatic carbocycles. The van der Waals surface area contributed by atoms with Crippen molar-refractivity contribution in [1.82, 2.24) is 0 Å². The van der Waals surface area contributed by atoms with E-state index in [0.29, 0.717) is 6.42 Å². The maximum absolute atomic E-state index is 11.4. The van der Waals surface area contributed by atoms with Gasteiger partial charge in [0.05, 0.1) is 13.7 Å². The second-order valence-corrected chi connectivity index (χ2v) is 9.14. The van der Waals surface area contributed by atoms with Crippen LogP contribution in [-0.2, 0) is 28.3 Å². The van der Waals surface area contributed by atoms with Crippen LogP contribution >= 0.6 is 0 Å². The fourth-order valence-electron chi connectivity index (χ4n) is 1.03. The Hall–Kier alpha value is -1.63. The monoisotopic (exact) mass is 288 g/mol. The van der Waals surface area contributed by atoms with Crippen molar-refractivity contribution >= 4 is 26.2 Å². The van der Waals surface area contributed by atoms with Gasteiger partial charge in [-0.05, 0) is 26.1 Å². The molecule has 0 spiro atoms. The minimum Gasteiger partial charge on any atom is -0.520 e. The Balaban J connectivity index is 3.75. The first-order valence-corrected chi connectivity index (χ1v) is 9.30. The van der Waals surface area contributed by atoms with Crippen LogP contribution in [-0.4, -0.2) is 39.9 Å². The highest BCUT2D eigenvalue weighted by molar-refractivity contribution is 6.71. The molecular formula is C12H20O6Si. The summed E-state index contributed by atoms with van der Waals surface area (Å²) in [5, 5.41) is 0. The van der Waals surface area contributed by atoms with Gasteiger partial charge in [-0.2, -0.15) is 0 Å². The molecule has 0 atom stereocenters. The van der Waals surface area contributed by atoms with E-state index in [4.69, 9.17) is 9.16 Å². The molecule has 0 aromatic heterocycles. The summed E-state index contributed by atoms with van der Waals surface area (Å²) >= 11 is 0. The van der Waals surface area contributed by atoms with Crippen molar-refractivity contribution in [2.24, 2.45) is 0 Å². The van der Waals surface area contributed by atoms with E-state index in [1.165, 1.54) is 7.11 Å². The minimum atomic E-state index is -1.85. The van der Waals surface area contributed by atoms with Crippen LogP contribution in [0.4, 0.5) is 0 Å². The van der Waals surface area contributed by atoms with Gasteiger partial charge in [-0.3, -0.25) is 4.79 Å². The number of rotatable bonds is 7. The zero-order valence-corrected chi connectivity index (χ0v) is 12.7. The second-order valence-electron chi connectivity index (χ2n) is 4.71. The van der Waals surface area contributed by atoms with Gasteiger partial charge >= 0.3 is 11.9 Å². The van der Waals surface area contributed by atoms with Gasteiger partial charge in [0, 0.05) is 18.6 Å². The topological polar surface area (TPSA) is 78.9 Å². The molecule has 0 aromatic carbocycles. The quantitative estimate of drug-likeness (QED) is 0.305.